The molecule has 0 unspecified atom stereocenters. The Morgan fingerprint density at radius 1 is 1.04 bits per heavy atom. The molecule has 2 rings (SSSR count). The van der Waals surface area contributed by atoms with E-state index in [2.05, 4.69) is 9.46 Å². The zero-order valence-corrected chi connectivity index (χ0v) is 14.3. The number of nitrogens with one attached hydrogen (secondary N) is 1. The highest BCUT2D eigenvalue weighted by atomic mass is 32.2. The van der Waals surface area contributed by atoms with Gasteiger partial charge in [0.2, 0.25) is 0 Å². The van der Waals surface area contributed by atoms with Gasteiger partial charge in [0.15, 0.2) is 0 Å². The molecule has 0 atom stereocenters. The third-order valence-corrected chi connectivity index (χ3v) is 4.90. The molecule has 5 nitrogen and oxygen atoms in total. The molecule has 1 N–H and O–H groups in total. The molecule has 0 aliphatic heterocycles. The van der Waals surface area contributed by atoms with Gasteiger partial charge in [0, 0.05) is 0 Å². The molecule has 0 aromatic heterocycles. The van der Waals surface area contributed by atoms with E-state index in [4.69, 9.17) is 0 Å². The van der Waals surface area contributed by atoms with Crippen LogP contribution in [0.3, 0.4) is 0 Å². The van der Waals surface area contributed by atoms with Gasteiger partial charge in [-0.1, -0.05) is 29.8 Å². The lowest BCUT2D eigenvalue weighted by atomic mass is 10.1. The fourth-order valence-electron chi connectivity index (χ4n) is 2.51. The summed E-state index contributed by atoms with van der Waals surface area (Å²) in [5, 5.41) is 0. The van der Waals surface area contributed by atoms with Crippen molar-refractivity contribution in [2.24, 2.45) is 0 Å². The number of hydrogen-bond donors (Lipinski definition) is 1. The van der Waals surface area contributed by atoms with Crippen molar-refractivity contribution in [2.75, 3.05) is 11.8 Å². The Bertz CT molecular complexity index is 834. The minimum Gasteiger partial charge on any atom is -0.465 e. The third kappa shape index (κ3) is 3.53. The SMILES string of the molecule is COC(=O)c1ccccc1S(=O)(=O)Nc1c(C)cc(C)cc1C. The van der Waals surface area contributed by atoms with Crippen LogP contribution in [0.1, 0.15) is 27.0 Å². The molecule has 0 radical (unpaired) electrons. The molecular weight excluding hydrogens is 314 g/mol. The molecule has 0 spiro atoms. The first-order valence-electron chi connectivity index (χ1n) is 7.04. The van der Waals surface area contributed by atoms with Gasteiger partial charge >= 0.3 is 5.97 Å². The van der Waals surface area contributed by atoms with Crippen molar-refractivity contribution in [3.05, 3.63) is 58.7 Å². The lowest BCUT2D eigenvalue weighted by molar-refractivity contribution is 0.0596. The van der Waals surface area contributed by atoms with Crippen LogP contribution in [0.25, 0.3) is 0 Å². The van der Waals surface area contributed by atoms with E-state index in [0.717, 1.165) is 16.7 Å². The molecule has 0 saturated heterocycles. The largest absolute Gasteiger partial charge is 0.465 e. The fraction of sp³-hybridized carbons (Fsp3) is 0.235. The van der Waals surface area contributed by atoms with Gasteiger partial charge in [0.05, 0.1) is 18.4 Å². The van der Waals surface area contributed by atoms with Crippen molar-refractivity contribution < 1.29 is 17.9 Å². The van der Waals surface area contributed by atoms with E-state index in [0.29, 0.717) is 5.69 Å². The summed E-state index contributed by atoms with van der Waals surface area (Å²) >= 11 is 0. The summed E-state index contributed by atoms with van der Waals surface area (Å²) < 4.78 is 32.7. The molecule has 6 heteroatoms. The maximum atomic E-state index is 12.7. The van der Waals surface area contributed by atoms with Gasteiger partial charge in [-0.25, -0.2) is 13.2 Å². The molecule has 0 aliphatic carbocycles. The van der Waals surface area contributed by atoms with Gasteiger partial charge in [-0.3, -0.25) is 4.72 Å². The average Bonchev–Trinajstić information content (AvgIpc) is 2.50. The third-order valence-electron chi connectivity index (χ3n) is 3.50. The van der Waals surface area contributed by atoms with E-state index in [9.17, 15) is 13.2 Å². The summed E-state index contributed by atoms with van der Waals surface area (Å²) in [6.07, 6.45) is 0. The molecule has 2 aromatic carbocycles. The summed E-state index contributed by atoms with van der Waals surface area (Å²) in [5.74, 6) is -0.691. The second kappa shape index (κ2) is 6.42. The van der Waals surface area contributed by atoms with Crippen LogP contribution in [0.2, 0.25) is 0 Å². The Kier molecular flexibility index (Phi) is 4.75. The number of carbonyl (C=O) groups excluding carboxylic acids is 1. The first kappa shape index (κ1) is 17.0. The second-order valence-electron chi connectivity index (χ2n) is 5.37. The van der Waals surface area contributed by atoms with Crippen molar-refractivity contribution >= 4 is 21.7 Å². The standard InChI is InChI=1S/C17H19NO4S/c1-11-9-12(2)16(13(3)10-11)18-23(20,21)15-8-6-5-7-14(15)17(19)22-4/h5-10,18H,1-4H3. The number of carbonyl (C=O) groups is 1. The van der Waals surface area contributed by atoms with Gasteiger partial charge in [-0.2, -0.15) is 0 Å². The van der Waals surface area contributed by atoms with Crippen LogP contribution in [0.4, 0.5) is 5.69 Å². The number of benzene rings is 2. The minimum absolute atomic E-state index is 0.00455. The number of methoxy groups -OCH3 is 1. The van der Waals surface area contributed by atoms with E-state index < -0.39 is 16.0 Å². The predicted molar refractivity (Wildman–Crippen MR) is 89.2 cm³/mol. The highest BCUT2D eigenvalue weighted by molar-refractivity contribution is 7.92. The fourth-order valence-corrected chi connectivity index (χ4v) is 3.91. The summed E-state index contributed by atoms with van der Waals surface area (Å²) in [6, 6.07) is 9.76. The van der Waals surface area contributed by atoms with Crippen molar-refractivity contribution in [1.82, 2.24) is 0 Å². The minimum atomic E-state index is -3.91. The highest BCUT2D eigenvalue weighted by Gasteiger charge is 2.23. The number of anilines is 1. The van der Waals surface area contributed by atoms with E-state index >= 15 is 0 Å². The molecule has 0 bridgehead atoms. The van der Waals surface area contributed by atoms with Gasteiger partial charge < -0.3 is 4.74 Å². The number of esters is 1. The van der Waals surface area contributed by atoms with Gasteiger partial charge in [-0.15, -0.1) is 0 Å². The van der Waals surface area contributed by atoms with Crippen molar-refractivity contribution in [1.29, 1.82) is 0 Å². The first-order chi connectivity index (χ1) is 10.8. The average molecular weight is 333 g/mol. The number of rotatable bonds is 4. The Morgan fingerprint density at radius 2 is 1.61 bits per heavy atom. The molecule has 0 fully saturated rings. The number of ether oxygens (including phenoxy) is 1. The second-order valence-corrected chi connectivity index (χ2v) is 7.02. The smallest absolute Gasteiger partial charge is 0.339 e. The van der Waals surface area contributed by atoms with Gasteiger partial charge in [-0.05, 0) is 44.0 Å². The Morgan fingerprint density at radius 3 is 2.17 bits per heavy atom. The van der Waals surface area contributed by atoms with Crippen LogP contribution < -0.4 is 4.72 Å². The maximum Gasteiger partial charge on any atom is 0.339 e. The van der Waals surface area contributed by atoms with Crippen LogP contribution >= 0.6 is 0 Å². The molecule has 0 aliphatic rings. The number of aryl methyl sites for hydroxylation is 3. The molecule has 23 heavy (non-hydrogen) atoms. The summed E-state index contributed by atoms with van der Waals surface area (Å²) in [5.41, 5.74) is 3.22. The Hall–Kier alpha value is -2.34. The lowest BCUT2D eigenvalue weighted by Gasteiger charge is -2.15. The van der Waals surface area contributed by atoms with Crippen LogP contribution in [0.5, 0.6) is 0 Å². The first-order valence-corrected chi connectivity index (χ1v) is 8.52. The van der Waals surface area contributed by atoms with Crippen LogP contribution in [-0.2, 0) is 14.8 Å². The van der Waals surface area contributed by atoms with Gasteiger partial charge in [0.25, 0.3) is 10.0 Å². The quantitative estimate of drug-likeness (QED) is 0.872. The molecule has 2 aromatic rings. The molecule has 0 amide bonds. The van der Waals surface area contributed by atoms with E-state index in [1.165, 1.54) is 19.2 Å². The van der Waals surface area contributed by atoms with Crippen molar-refractivity contribution in [3.8, 4) is 0 Å². The molecule has 122 valence electrons. The summed E-state index contributed by atoms with van der Waals surface area (Å²) in [4.78, 5) is 11.7. The van der Waals surface area contributed by atoms with E-state index in [-0.39, 0.29) is 10.5 Å². The number of sulfonamides is 1. The number of hydrogen-bond acceptors (Lipinski definition) is 4. The molecule has 0 heterocycles. The Balaban J connectivity index is 2.51. The van der Waals surface area contributed by atoms with Gasteiger partial charge in [0.1, 0.15) is 4.90 Å². The van der Waals surface area contributed by atoms with Crippen LogP contribution in [-0.4, -0.2) is 21.5 Å². The summed E-state index contributed by atoms with van der Waals surface area (Å²) in [6.45, 7) is 5.62. The highest BCUT2D eigenvalue weighted by Crippen LogP contribution is 2.26. The van der Waals surface area contributed by atoms with E-state index in [1.807, 2.05) is 32.9 Å². The summed E-state index contributed by atoms with van der Waals surface area (Å²) in [7, 11) is -2.69. The van der Waals surface area contributed by atoms with Crippen LogP contribution in [0.15, 0.2) is 41.3 Å². The zero-order chi connectivity index (χ0) is 17.2. The van der Waals surface area contributed by atoms with E-state index in [1.54, 1.807) is 12.1 Å². The zero-order valence-electron chi connectivity index (χ0n) is 13.5. The monoisotopic (exact) mass is 333 g/mol. The lowest BCUT2D eigenvalue weighted by Crippen LogP contribution is -2.18. The normalized spacial score (nSPS) is 11.1. The maximum absolute atomic E-state index is 12.7. The Labute approximate surface area is 136 Å². The topological polar surface area (TPSA) is 72.5 Å². The van der Waals surface area contributed by atoms with Crippen LogP contribution in [0, 0.1) is 20.8 Å². The van der Waals surface area contributed by atoms with Crippen molar-refractivity contribution in [3.63, 3.8) is 0 Å². The molecule has 0 saturated carbocycles. The predicted octanol–water partition coefficient (Wildman–Crippen LogP) is 3.20. The van der Waals surface area contributed by atoms with Crippen molar-refractivity contribution in [2.45, 2.75) is 25.7 Å². The molecular formula is C17H19NO4S.